The predicted molar refractivity (Wildman–Crippen MR) is 158 cm³/mol. The first-order valence-electron chi connectivity index (χ1n) is 14.5. The van der Waals surface area contributed by atoms with E-state index in [0.29, 0.717) is 17.8 Å². The summed E-state index contributed by atoms with van der Waals surface area (Å²) in [5.41, 5.74) is -2.51. The number of carboxylic acid groups (broad SMARTS) is 1. The third-order valence-electron chi connectivity index (χ3n) is 9.00. The van der Waals surface area contributed by atoms with Crippen LogP contribution in [0.1, 0.15) is 62.6 Å². The summed E-state index contributed by atoms with van der Waals surface area (Å²) in [5.74, 6) is -3.38. The molecular formula is C32H28ClF4N5O4. The zero-order valence-corrected chi connectivity index (χ0v) is 25.5. The van der Waals surface area contributed by atoms with E-state index in [1.54, 1.807) is 31.1 Å². The van der Waals surface area contributed by atoms with Gasteiger partial charge in [-0.25, -0.2) is 14.2 Å². The first-order chi connectivity index (χ1) is 21.7. The number of hydrogen-bond donors (Lipinski definition) is 1. The molecule has 0 bridgehead atoms. The number of nitrogens with zero attached hydrogens (tertiary/aromatic N) is 5. The number of carboxylic acids is 1. The lowest BCUT2D eigenvalue weighted by Crippen LogP contribution is -2.37. The quantitative estimate of drug-likeness (QED) is 0.251. The molecule has 9 nitrogen and oxygen atoms in total. The molecule has 4 aromatic rings. The second kappa shape index (κ2) is 11.4. The molecule has 46 heavy (non-hydrogen) atoms. The zero-order chi connectivity index (χ0) is 33.1. The number of benzene rings is 2. The highest BCUT2D eigenvalue weighted by Gasteiger charge is 2.65. The largest absolute Gasteiger partial charge is 0.478 e. The van der Waals surface area contributed by atoms with Crippen molar-refractivity contribution >= 4 is 29.4 Å². The van der Waals surface area contributed by atoms with Crippen molar-refractivity contribution in [2.75, 3.05) is 7.05 Å². The van der Waals surface area contributed by atoms with Crippen molar-refractivity contribution in [3.05, 3.63) is 93.4 Å². The number of alkyl halides is 3. The second-order valence-electron chi connectivity index (χ2n) is 11.8. The number of halogens is 5. The Morgan fingerprint density at radius 3 is 2.52 bits per heavy atom. The molecule has 0 aliphatic heterocycles. The highest BCUT2D eigenvalue weighted by Crippen LogP contribution is 2.60. The van der Waals surface area contributed by atoms with Crippen LogP contribution in [0.2, 0.25) is 5.02 Å². The Kier molecular flexibility index (Phi) is 7.78. The lowest BCUT2D eigenvalue weighted by atomic mass is 9.84. The maximum atomic E-state index is 15.3. The number of hydrogen-bond acceptors (Lipinski definition) is 5. The summed E-state index contributed by atoms with van der Waals surface area (Å²) in [6.07, 6.45) is -1.16. The van der Waals surface area contributed by atoms with E-state index in [2.05, 4.69) is 10.1 Å². The Morgan fingerprint density at radius 1 is 1.17 bits per heavy atom. The fourth-order valence-corrected chi connectivity index (χ4v) is 6.53. The topological polar surface area (TPSA) is 110 Å². The molecule has 6 rings (SSSR count). The first-order valence-corrected chi connectivity index (χ1v) is 14.9. The van der Waals surface area contributed by atoms with Gasteiger partial charge in [0.25, 0.3) is 5.91 Å². The van der Waals surface area contributed by atoms with E-state index in [1.807, 2.05) is 0 Å². The maximum Gasteiger partial charge on any atom is 0.398 e. The van der Waals surface area contributed by atoms with Gasteiger partial charge in [-0.2, -0.15) is 23.0 Å². The fraction of sp³-hybridized carbons (Fsp3) is 0.344. The van der Waals surface area contributed by atoms with Crippen LogP contribution in [-0.2, 0) is 36.6 Å². The van der Waals surface area contributed by atoms with E-state index < -0.39 is 35.2 Å². The number of carbonyl (C=O) groups is 3. The number of carbonyl (C=O) groups excluding carboxylic acids is 2. The van der Waals surface area contributed by atoms with E-state index in [4.69, 9.17) is 11.6 Å². The van der Waals surface area contributed by atoms with E-state index in [1.165, 1.54) is 35.2 Å². The third-order valence-corrected chi connectivity index (χ3v) is 9.31. The van der Waals surface area contributed by atoms with Crippen molar-refractivity contribution < 1.29 is 37.1 Å². The molecule has 0 spiro atoms. The lowest BCUT2D eigenvalue weighted by molar-refractivity contribution is -0.160. The van der Waals surface area contributed by atoms with Crippen LogP contribution in [0.3, 0.4) is 0 Å². The molecule has 2 aliphatic rings. The van der Waals surface area contributed by atoms with E-state index in [-0.39, 0.29) is 76.8 Å². The minimum Gasteiger partial charge on any atom is -0.478 e. The third kappa shape index (κ3) is 5.25. The zero-order valence-electron chi connectivity index (χ0n) is 24.7. The highest BCUT2D eigenvalue weighted by atomic mass is 35.5. The van der Waals surface area contributed by atoms with Crippen LogP contribution in [0.15, 0.2) is 48.8 Å². The molecule has 0 saturated heterocycles. The molecule has 240 valence electrons. The second-order valence-corrected chi connectivity index (χ2v) is 12.2. The summed E-state index contributed by atoms with van der Waals surface area (Å²) in [6, 6.07) is 7.18. The smallest absolute Gasteiger partial charge is 0.398 e. The minimum atomic E-state index is -4.63. The molecule has 1 N–H and O–H groups in total. The summed E-state index contributed by atoms with van der Waals surface area (Å²) < 4.78 is 60.8. The number of aryl methyl sites for hydroxylation is 1. The summed E-state index contributed by atoms with van der Waals surface area (Å²) >= 11 is 6.42. The van der Waals surface area contributed by atoms with E-state index >= 15 is 4.39 Å². The van der Waals surface area contributed by atoms with Gasteiger partial charge >= 0.3 is 12.1 Å². The first kappa shape index (κ1) is 31.5. The predicted octanol–water partition coefficient (Wildman–Crippen LogP) is 5.82. The van der Waals surface area contributed by atoms with Crippen molar-refractivity contribution in [1.82, 2.24) is 24.2 Å². The Morgan fingerprint density at radius 2 is 1.91 bits per heavy atom. The normalized spacial score (nSPS) is 17.0. The summed E-state index contributed by atoms with van der Waals surface area (Å²) in [7, 11) is 3.43. The molecule has 0 unspecified atom stereocenters. The Bertz CT molecular complexity index is 1900. The average Bonchev–Trinajstić information content (AvgIpc) is 3.63. The van der Waals surface area contributed by atoms with Crippen LogP contribution in [0.5, 0.6) is 0 Å². The molecule has 0 radical (unpaired) electrons. The van der Waals surface area contributed by atoms with Crippen LogP contribution in [0.4, 0.5) is 17.6 Å². The van der Waals surface area contributed by atoms with Gasteiger partial charge in [0, 0.05) is 50.0 Å². The molecule has 2 aromatic heterocycles. The molecule has 1 saturated carbocycles. The lowest BCUT2D eigenvalue weighted by Gasteiger charge is -2.27. The van der Waals surface area contributed by atoms with Gasteiger partial charge in [-0.3, -0.25) is 9.59 Å². The van der Waals surface area contributed by atoms with Crippen LogP contribution in [0, 0.1) is 11.7 Å². The highest BCUT2D eigenvalue weighted by molar-refractivity contribution is 6.34. The summed E-state index contributed by atoms with van der Waals surface area (Å²) in [6.45, 7) is 0.221. The van der Waals surface area contributed by atoms with E-state index in [9.17, 15) is 32.7 Å². The Balaban J connectivity index is 1.45. The van der Waals surface area contributed by atoms with Crippen LogP contribution in [0.25, 0.3) is 11.3 Å². The van der Waals surface area contributed by atoms with Crippen molar-refractivity contribution in [2.45, 2.75) is 50.2 Å². The van der Waals surface area contributed by atoms with Gasteiger partial charge in [-0.1, -0.05) is 23.7 Å². The Hall–Kier alpha value is -4.52. The number of fused-ring (bicyclic) bond motifs is 1. The number of imidazole rings is 1. The summed E-state index contributed by atoms with van der Waals surface area (Å²) in [4.78, 5) is 45.0. The molecule has 1 fully saturated rings. The SMILES string of the molecule is CN(Cc1nccn1C)C(=O)[C@H]1CCc2c(-c3ccc(C(=O)O)cc3F)nn(C(=O)c3c(Cl)cccc3C3(C(F)(F)F)CC3)c2C1. The average molecular weight is 658 g/mol. The standard InChI is InChI=1S/C32H28ClF4N5O4/c1-40-13-12-38-25(40)16-41(2)28(43)17-6-9-20-24(15-17)42(39-27(20)19-8-7-18(30(45)46)14-23(19)34)29(44)26-21(4-3-5-22(26)33)31(10-11-31)32(35,36)37/h3-5,7-8,12-14,17H,6,9-11,15-16H2,1-2H3,(H,45,46)/t17-/m0/s1. The molecule has 14 heteroatoms. The van der Waals surface area contributed by atoms with Gasteiger partial charge in [0.2, 0.25) is 5.91 Å². The van der Waals surface area contributed by atoms with Crippen molar-refractivity contribution in [3.8, 4) is 11.3 Å². The van der Waals surface area contributed by atoms with Gasteiger partial charge < -0.3 is 14.6 Å². The van der Waals surface area contributed by atoms with E-state index in [0.717, 1.165) is 10.7 Å². The summed E-state index contributed by atoms with van der Waals surface area (Å²) in [5, 5.41) is 13.5. The molecular weight excluding hydrogens is 630 g/mol. The monoisotopic (exact) mass is 657 g/mol. The van der Waals surface area contributed by atoms with Gasteiger partial charge in [-0.15, -0.1) is 0 Å². The number of aromatic nitrogens is 4. The molecule has 2 aromatic carbocycles. The van der Waals surface area contributed by atoms with Crippen molar-refractivity contribution in [3.63, 3.8) is 0 Å². The van der Waals surface area contributed by atoms with Crippen LogP contribution < -0.4 is 0 Å². The van der Waals surface area contributed by atoms with Crippen molar-refractivity contribution in [2.24, 2.45) is 13.0 Å². The maximum absolute atomic E-state index is 15.3. The minimum absolute atomic E-state index is 0.00313. The number of aromatic carboxylic acids is 1. The van der Waals surface area contributed by atoms with Crippen LogP contribution in [-0.4, -0.2) is 60.3 Å². The van der Waals surface area contributed by atoms with Gasteiger partial charge in [-0.05, 0) is 55.5 Å². The molecule has 2 aliphatic carbocycles. The molecule has 2 heterocycles. The van der Waals surface area contributed by atoms with Crippen molar-refractivity contribution in [1.29, 1.82) is 0 Å². The van der Waals surface area contributed by atoms with Gasteiger partial charge in [0.05, 0.1) is 39.5 Å². The number of rotatable bonds is 7. The Labute approximate surface area is 265 Å². The van der Waals surface area contributed by atoms with Gasteiger partial charge in [0.15, 0.2) is 0 Å². The molecule has 1 amide bonds. The van der Waals surface area contributed by atoms with Gasteiger partial charge in [0.1, 0.15) is 11.6 Å². The fourth-order valence-electron chi connectivity index (χ4n) is 6.27. The number of amides is 1. The van der Waals surface area contributed by atoms with Crippen LogP contribution >= 0.6 is 11.6 Å². The molecule has 1 atom stereocenters.